The van der Waals surface area contributed by atoms with Crippen molar-refractivity contribution in [2.75, 3.05) is 6.54 Å². The Hall–Kier alpha value is -0.0400. The van der Waals surface area contributed by atoms with Gasteiger partial charge in [0, 0.05) is 12.6 Å². The monoisotopic (exact) mass is 247 g/mol. The van der Waals surface area contributed by atoms with E-state index in [0.29, 0.717) is 0 Å². The van der Waals surface area contributed by atoms with E-state index < -0.39 is 0 Å². The van der Waals surface area contributed by atoms with Crippen LogP contribution in [0, 0.1) is 23.2 Å². The summed E-state index contributed by atoms with van der Waals surface area (Å²) in [5.74, 6) is 3.39. The first-order valence-electron chi connectivity index (χ1n) is 8.56. The van der Waals surface area contributed by atoms with Crippen molar-refractivity contribution < 1.29 is 0 Å². The molecular formula is C17H29N. The molecule has 0 aromatic rings. The van der Waals surface area contributed by atoms with Gasteiger partial charge in [0.2, 0.25) is 0 Å². The Kier molecular flexibility index (Phi) is 2.94. The lowest BCUT2D eigenvalue weighted by atomic mass is 9.76. The van der Waals surface area contributed by atoms with Gasteiger partial charge in [-0.15, -0.1) is 0 Å². The summed E-state index contributed by atoms with van der Waals surface area (Å²) in [4.78, 5) is 0. The summed E-state index contributed by atoms with van der Waals surface area (Å²) in [5.41, 5.74) is 0.735. The second-order valence-electron chi connectivity index (χ2n) is 8.01. The Balaban J connectivity index is 1.32. The van der Waals surface area contributed by atoms with Crippen molar-refractivity contribution in [3.8, 4) is 0 Å². The molecule has 0 saturated heterocycles. The third kappa shape index (κ3) is 2.48. The third-order valence-corrected chi connectivity index (χ3v) is 6.36. The fourth-order valence-corrected chi connectivity index (χ4v) is 4.90. The normalized spacial score (nSPS) is 43.3. The summed E-state index contributed by atoms with van der Waals surface area (Å²) < 4.78 is 0. The average molecular weight is 247 g/mol. The lowest BCUT2D eigenvalue weighted by molar-refractivity contribution is 0.208. The molecule has 0 bridgehead atoms. The predicted octanol–water partition coefficient (Wildman–Crippen LogP) is 4.13. The van der Waals surface area contributed by atoms with Gasteiger partial charge >= 0.3 is 0 Å². The minimum Gasteiger partial charge on any atom is -0.313 e. The third-order valence-electron chi connectivity index (χ3n) is 6.36. The Morgan fingerprint density at radius 3 is 2.33 bits per heavy atom. The van der Waals surface area contributed by atoms with Crippen molar-refractivity contribution in [3.63, 3.8) is 0 Å². The molecule has 0 aromatic carbocycles. The van der Waals surface area contributed by atoms with E-state index in [1.54, 1.807) is 44.9 Å². The van der Waals surface area contributed by atoms with Gasteiger partial charge in [0.25, 0.3) is 0 Å². The lowest BCUT2D eigenvalue weighted by Gasteiger charge is -2.32. The highest BCUT2D eigenvalue weighted by molar-refractivity contribution is 5.04. The van der Waals surface area contributed by atoms with Crippen LogP contribution >= 0.6 is 0 Å². The number of hydrogen-bond acceptors (Lipinski definition) is 1. The molecule has 1 N–H and O–H groups in total. The van der Waals surface area contributed by atoms with E-state index in [1.807, 2.05) is 0 Å². The summed E-state index contributed by atoms with van der Waals surface area (Å²) in [6, 6.07) is 0.908. The summed E-state index contributed by atoms with van der Waals surface area (Å²) in [6.07, 6.45) is 16.8. The molecule has 4 fully saturated rings. The van der Waals surface area contributed by atoms with Crippen molar-refractivity contribution in [3.05, 3.63) is 0 Å². The molecule has 0 radical (unpaired) electrons. The van der Waals surface area contributed by atoms with Crippen LogP contribution in [0.25, 0.3) is 0 Å². The van der Waals surface area contributed by atoms with Gasteiger partial charge in [0.15, 0.2) is 0 Å². The highest BCUT2D eigenvalue weighted by Gasteiger charge is 2.53. The zero-order valence-electron chi connectivity index (χ0n) is 11.8. The highest BCUT2D eigenvalue weighted by Crippen LogP contribution is 2.61. The molecule has 4 aliphatic carbocycles. The van der Waals surface area contributed by atoms with Crippen LogP contribution in [-0.4, -0.2) is 12.6 Å². The molecule has 2 atom stereocenters. The van der Waals surface area contributed by atoms with E-state index in [0.717, 1.165) is 29.2 Å². The van der Waals surface area contributed by atoms with E-state index in [9.17, 15) is 0 Å². The minimum atomic E-state index is 0.735. The molecule has 0 aliphatic heterocycles. The molecule has 4 aliphatic rings. The maximum Gasteiger partial charge on any atom is 0.00684 e. The van der Waals surface area contributed by atoms with Gasteiger partial charge in [0.05, 0.1) is 0 Å². The molecular weight excluding hydrogens is 218 g/mol. The summed E-state index contributed by atoms with van der Waals surface area (Å²) in [6.45, 7) is 1.36. The van der Waals surface area contributed by atoms with Crippen LogP contribution in [0.1, 0.15) is 70.6 Å². The van der Waals surface area contributed by atoms with Crippen molar-refractivity contribution >= 4 is 0 Å². The van der Waals surface area contributed by atoms with E-state index in [1.165, 1.54) is 32.2 Å². The zero-order valence-corrected chi connectivity index (χ0v) is 11.8. The number of fused-ring (bicyclic) bond motifs is 1. The number of nitrogens with one attached hydrogen (secondary N) is 1. The Morgan fingerprint density at radius 2 is 1.67 bits per heavy atom. The molecule has 18 heavy (non-hydrogen) atoms. The van der Waals surface area contributed by atoms with Crippen molar-refractivity contribution in [1.82, 2.24) is 5.32 Å². The van der Waals surface area contributed by atoms with Crippen LogP contribution in [0.4, 0.5) is 0 Å². The van der Waals surface area contributed by atoms with Gasteiger partial charge < -0.3 is 5.32 Å². The van der Waals surface area contributed by atoms with E-state index in [-0.39, 0.29) is 0 Å². The van der Waals surface area contributed by atoms with Crippen LogP contribution < -0.4 is 5.32 Å². The molecule has 4 rings (SSSR count). The zero-order chi connectivity index (χ0) is 12.0. The van der Waals surface area contributed by atoms with Gasteiger partial charge in [-0.1, -0.05) is 25.7 Å². The standard InChI is InChI=1S/C17H29N/c1-2-4-13(3-1)7-8-17(12-18-16-5-6-16)10-14-9-15(14)11-17/h13-16,18H,1-12H2. The summed E-state index contributed by atoms with van der Waals surface area (Å²) in [7, 11) is 0. The number of hydrogen-bond donors (Lipinski definition) is 1. The van der Waals surface area contributed by atoms with Crippen molar-refractivity contribution in [2.24, 2.45) is 23.2 Å². The highest BCUT2D eigenvalue weighted by atomic mass is 15.0. The molecule has 1 nitrogen and oxygen atoms in total. The smallest absolute Gasteiger partial charge is 0.00684 e. The lowest BCUT2D eigenvalue weighted by Crippen LogP contribution is -2.35. The Labute approximate surface area is 112 Å². The van der Waals surface area contributed by atoms with Crippen LogP contribution in [0.2, 0.25) is 0 Å². The molecule has 4 saturated carbocycles. The fraction of sp³-hybridized carbons (Fsp3) is 1.00. The topological polar surface area (TPSA) is 12.0 Å². The molecule has 0 spiro atoms. The number of rotatable bonds is 6. The van der Waals surface area contributed by atoms with E-state index in [4.69, 9.17) is 0 Å². The second kappa shape index (κ2) is 4.51. The summed E-state index contributed by atoms with van der Waals surface area (Å²) >= 11 is 0. The van der Waals surface area contributed by atoms with Crippen molar-refractivity contribution in [1.29, 1.82) is 0 Å². The Bertz CT molecular complexity index is 291. The average Bonchev–Trinajstić information content (AvgIpc) is 3.25. The largest absolute Gasteiger partial charge is 0.313 e. The van der Waals surface area contributed by atoms with Gasteiger partial charge in [-0.25, -0.2) is 0 Å². The first kappa shape index (κ1) is 11.8. The maximum absolute atomic E-state index is 3.86. The Morgan fingerprint density at radius 1 is 0.944 bits per heavy atom. The SMILES string of the molecule is C1CCC(CCC2(CNC3CC3)CC3CC3C2)C1. The van der Waals surface area contributed by atoms with Crippen LogP contribution in [0.15, 0.2) is 0 Å². The molecule has 102 valence electrons. The van der Waals surface area contributed by atoms with Crippen molar-refractivity contribution in [2.45, 2.75) is 76.7 Å². The molecule has 0 aromatic heterocycles. The molecule has 0 amide bonds. The van der Waals surface area contributed by atoms with Crippen LogP contribution in [-0.2, 0) is 0 Å². The van der Waals surface area contributed by atoms with Gasteiger partial charge in [0.1, 0.15) is 0 Å². The summed E-state index contributed by atoms with van der Waals surface area (Å²) in [5, 5.41) is 3.86. The molecule has 0 heterocycles. The molecule has 2 unspecified atom stereocenters. The van der Waals surface area contributed by atoms with E-state index in [2.05, 4.69) is 5.32 Å². The van der Waals surface area contributed by atoms with Crippen LogP contribution in [0.5, 0.6) is 0 Å². The van der Waals surface area contributed by atoms with E-state index >= 15 is 0 Å². The van der Waals surface area contributed by atoms with Gasteiger partial charge in [-0.3, -0.25) is 0 Å². The fourth-order valence-electron chi connectivity index (χ4n) is 4.90. The minimum absolute atomic E-state index is 0.735. The first-order chi connectivity index (χ1) is 8.83. The first-order valence-corrected chi connectivity index (χ1v) is 8.56. The van der Waals surface area contributed by atoms with Gasteiger partial charge in [-0.2, -0.15) is 0 Å². The predicted molar refractivity (Wildman–Crippen MR) is 75.5 cm³/mol. The quantitative estimate of drug-likeness (QED) is 0.744. The van der Waals surface area contributed by atoms with Crippen LogP contribution in [0.3, 0.4) is 0 Å². The molecule has 1 heteroatoms. The second-order valence-corrected chi connectivity index (χ2v) is 8.01. The maximum atomic E-state index is 3.86. The van der Waals surface area contributed by atoms with Gasteiger partial charge in [-0.05, 0) is 68.1 Å².